The number of nitrogens with one attached hydrogen (secondary N) is 1. The van der Waals surface area contributed by atoms with Gasteiger partial charge in [-0.1, -0.05) is 66.2 Å². The van der Waals surface area contributed by atoms with E-state index >= 15 is 0 Å². The third-order valence-corrected chi connectivity index (χ3v) is 6.40. The molecule has 1 aliphatic heterocycles. The van der Waals surface area contributed by atoms with Crippen molar-refractivity contribution in [3.8, 4) is 0 Å². The molecule has 2 aliphatic rings. The molecule has 0 aromatic rings. The van der Waals surface area contributed by atoms with Gasteiger partial charge in [-0.3, -0.25) is 5.43 Å². The average molecular weight is 333 g/mol. The molecule has 1 N–H and O–H groups in total. The SMILES string of the molecule is CCCCCCC(C)C1=NNC(C)=C2CCC(C(C)C)CCCC12. The van der Waals surface area contributed by atoms with E-state index in [1.165, 1.54) is 75.6 Å². The molecule has 1 saturated carbocycles. The minimum absolute atomic E-state index is 0.625. The van der Waals surface area contributed by atoms with Crippen LogP contribution in [0.5, 0.6) is 0 Å². The Morgan fingerprint density at radius 3 is 2.58 bits per heavy atom. The summed E-state index contributed by atoms with van der Waals surface area (Å²) in [5.74, 6) is 2.98. The Morgan fingerprint density at radius 2 is 1.88 bits per heavy atom. The van der Waals surface area contributed by atoms with Gasteiger partial charge in [0.05, 0.1) is 0 Å². The highest BCUT2D eigenvalue weighted by molar-refractivity contribution is 5.91. The summed E-state index contributed by atoms with van der Waals surface area (Å²) in [6.07, 6.45) is 13.5. The van der Waals surface area contributed by atoms with E-state index < -0.39 is 0 Å². The maximum Gasteiger partial charge on any atom is 0.0482 e. The standard InChI is InChI=1S/C22H40N2/c1-6-7-8-9-11-17(4)22-21-13-10-12-19(16(2)3)14-15-20(21)18(5)23-24-22/h16-17,19,21,23H,6-15H2,1-5H3. The van der Waals surface area contributed by atoms with Crippen LogP contribution in [-0.2, 0) is 0 Å². The van der Waals surface area contributed by atoms with Crippen LogP contribution in [0.2, 0.25) is 0 Å². The van der Waals surface area contributed by atoms with Crippen molar-refractivity contribution in [2.45, 2.75) is 98.8 Å². The summed E-state index contributed by atoms with van der Waals surface area (Å²) in [4.78, 5) is 0. The smallest absolute Gasteiger partial charge is 0.0482 e. The number of unbranched alkanes of at least 4 members (excludes halogenated alkanes) is 3. The molecule has 1 fully saturated rings. The molecule has 0 aromatic carbocycles. The van der Waals surface area contributed by atoms with Gasteiger partial charge >= 0.3 is 0 Å². The summed E-state index contributed by atoms with van der Waals surface area (Å²) in [5.41, 5.74) is 7.84. The van der Waals surface area contributed by atoms with E-state index in [1.807, 2.05) is 0 Å². The third-order valence-electron chi connectivity index (χ3n) is 6.40. The third kappa shape index (κ3) is 5.10. The molecule has 0 amide bonds. The Labute approximate surface area is 150 Å². The highest BCUT2D eigenvalue weighted by Crippen LogP contribution is 2.38. The summed E-state index contributed by atoms with van der Waals surface area (Å²) in [5, 5.41) is 4.83. The molecule has 1 aliphatic carbocycles. The largest absolute Gasteiger partial charge is 0.283 e. The van der Waals surface area contributed by atoms with Crippen molar-refractivity contribution in [2.24, 2.45) is 28.8 Å². The van der Waals surface area contributed by atoms with Gasteiger partial charge < -0.3 is 0 Å². The van der Waals surface area contributed by atoms with E-state index in [9.17, 15) is 0 Å². The maximum absolute atomic E-state index is 4.83. The molecule has 24 heavy (non-hydrogen) atoms. The summed E-state index contributed by atoms with van der Waals surface area (Å²) < 4.78 is 0. The number of fused-ring (bicyclic) bond motifs is 1. The van der Waals surface area contributed by atoms with Crippen LogP contribution >= 0.6 is 0 Å². The van der Waals surface area contributed by atoms with Crippen molar-refractivity contribution in [2.75, 3.05) is 0 Å². The fourth-order valence-electron chi connectivity index (χ4n) is 4.64. The van der Waals surface area contributed by atoms with E-state index in [4.69, 9.17) is 5.10 Å². The molecule has 3 atom stereocenters. The molecule has 2 rings (SSSR count). The second kappa shape index (κ2) is 9.63. The molecular weight excluding hydrogens is 292 g/mol. The van der Waals surface area contributed by atoms with Gasteiger partial charge in [-0.2, -0.15) is 5.10 Å². The summed E-state index contributed by atoms with van der Waals surface area (Å²) in [7, 11) is 0. The minimum atomic E-state index is 0.625. The maximum atomic E-state index is 4.83. The first-order chi connectivity index (χ1) is 11.5. The predicted octanol–water partition coefficient (Wildman–Crippen LogP) is 6.68. The van der Waals surface area contributed by atoms with Gasteiger partial charge in [-0.15, -0.1) is 0 Å². The van der Waals surface area contributed by atoms with Gasteiger partial charge in [0.2, 0.25) is 0 Å². The fourth-order valence-corrected chi connectivity index (χ4v) is 4.64. The molecule has 3 unspecified atom stereocenters. The van der Waals surface area contributed by atoms with Crippen LogP contribution in [-0.4, -0.2) is 5.71 Å². The van der Waals surface area contributed by atoms with Crippen molar-refractivity contribution in [3.05, 3.63) is 11.3 Å². The summed E-state index contributed by atoms with van der Waals surface area (Å²) >= 11 is 0. The first-order valence-electron chi connectivity index (χ1n) is 10.6. The van der Waals surface area contributed by atoms with Crippen LogP contribution in [0.3, 0.4) is 0 Å². The number of allylic oxidation sites excluding steroid dienone is 2. The van der Waals surface area contributed by atoms with E-state index in [1.54, 1.807) is 5.57 Å². The van der Waals surface area contributed by atoms with Gasteiger partial charge in [0.25, 0.3) is 0 Å². The number of hydrazone groups is 1. The summed E-state index contributed by atoms with van der Waals surface area (Å²) in [6, 6.07) is 0. The van der Waals surface area contributed by atoms with Gasteiger partial charge in [0.1, 0.15) is 0 Å². The number of nitrogens with zero attached hydrogens (tertiary/aromatic N) is 1. The van der Waals surface area contributed by atoms with Gasteiger partial charge in [-0.05, 0) is 55.9 Å². The zero-order chi connectivity index (χ0) is 17.5. The molecular formula is C22H40N2. The summed E-state index contributed by atoms with van der Waals surface area (Å²) in [6.45, 7) is 11.7. The van der Waals surface area contributed by atoms with Crippen LogP contribution in [0.1, 0.15) is 98.8 Å². The lowest BCUT2D eigenvalue weighted by Crippen LogP contribution is -2.33. The second-order valence-electron chi connectivity index (χ2n) is 8.58. The molecule has 2 heteroatoms. The zero-order valence-corrected chi connectivity index (χ0v) is 16.8. The van der Waals surface area contributed by atoms with E-state index in [-0.39, 0.29) is 0 Å². The lowest BCUT2D eigenvalue weighted by molar-refractivity contribution is 0.304. The average Bonchev–Trinajstić information content (AvgIpc) is 2.52. The first kappa shape index (κ1) is 19.5. The zero-order valence-electron chi connectivity index (χ0n) is 16.8. The van der Waals surface area contributed by atoms with Crippen molar-refractivity contribution in [1.29, 1.82) is 0 Å². The van der Waals surface area contributed by atoms with Crippen LogP contribution in [0.25, 0.3) is 0 Å². The van der Waals surface area contributed by atoms with Gasteiger partial charge in [0.15, 0.2) is 0 Å². The van der Waals surface area contributed by atoms with Gasteiger partial charge in [-0.25, -0.2) is 0 Å². The van der Waals surface area contributed by atoms with Gasteiger partial charge in [0, 0.05) is 17.3 Å². The van der Waals surface area contributed by atoms with Crippen molar-refractivity contribution in [1.82, 2.24) is 5.43 Å². The van der Waals surface area contributed by atoms with Crippen LogP contribution in [0.4, 0.5) is 0 Å². The predicted molar refractivity (Wildman–Crippen MR) is 106 cm³/mol. The van der Waals surface area contributed by atoms with E-state index in [2.05, 4.69) is 40.0 Å². The highest BCUT2D eigenvalue weighted by atomic mass is 15.3. The lowest BCUT2D eigenvalue weighted by Gasteiger charge is -2.35. The Bertz CT molecular complexity index is 447. The lowest BCUT2D eigenvalue weighted by atomic mass is 9.73. The number of hydrogen-bond acceptors (Lipinski definition) is 2. The van der Waals surface area contributed by atoms with E-state index in [0.717, 1.165) is 11.8 Å². The van der Waals surface area contributed by atoms with Crippen LogP contribution in [0.15, 0.2) is 16.4 Å². The van der Waals surface area contributed by atoms with E-state index in [0.29, 0.717) is 11.8 Å². The minimum Gasteiger partial charge on any atom is -0.283 e. The molecule has 0 saturated heterocycles. The molecule has 0 spiro atoms. The first-order valence-corrected chi connectivity index (χ1v) is 10.6. The molecule has 138 valence electrons. The molecule has 0 radical (unpaired) electrons. The number of hydrogen-bond donors (Lipinski definition) is 1. The Balaban J connectivity index is 2.01. The van der Waals surface area contributed by atoms with Crippen molar-refractivity contribution < 1.29 is 0 Å². The van der Waals surface area contributed by atoms with Crippen molar-refractivity contribution >= 4 is 5.71 Å². The van der Waals surface area contributed by atoms with Crippen LogP contribution in [0, 0.1) is 23.7 Å². The normalized spacial score (nSPS) is 26.3. The molecule has 2 nitrogen and oxygen atoms in total. The highest BCUT2D eigenvalue weighted by Gasteiger charge is 2.31. The Hall–Kier alpha value is -0.790. The topological polar surface area (TPSA) is 24.4 Å². The quantitative estimate of drug-likeness (QED) is 0.517. The fraction of sp³-hybridized carbons (Fsp3) is 0.864. The molecule has 0 aromatic heterocycles. The Morgan fingerprint density at radius 1 is 1.08 bits per heavy atom. The molecule has 0 bridgehead atoms. The second-order valence-corrected chi connectivity index (χ2v) is 8.58. The molecule has 1 heterocycles. The monoisotopic (exact) mass is 332 g/mol. The number of rotatable bonds is 7. The Kier molecular flexibility index (Phi) is 7.84. The van der Waals surface area contributed by atoms with Crippen LogP contribution < -0.4 is 5.43 Å². The van der Waals surface area contributed by atoms with Crippen molar-refractivity contribution in [3.63, 3.8) is 0 Å².